The quantitative estimate of drug-likeness (QED) is 0.805. The van der Waals surface area contributed by atoms with E-state index in [0.717, 1.165) is 6.42 Å². The number of hydrogen-bond acceptors (Lipinski definition) is 2. The van der Waals surface area contributed by atoms with Gasteiger partial charge in [-0.15, -0.1) is 0 Å². The fraction of sp³-hybridized carbons (Fsp3) is 0.538. The summed E-state index contributed by atoms with van der Waals surface area (Å²) in [6.07, 6.45) is 0.965. The van der Waals surface area contributed by atoms with Crippen LogP contribution >= 0.6 is 0 Å². The Bertz CT molecular complexity index is 309. The zero-order valence-corrected chi connectivity index (χ0v) is 9.92. The van der Waals surface area contributed by atoms with Crippen LogP contribution < -0.4 is 5.73 Å². The zero-order chi connectivity index (χ0) is 11.3. The minimum atomic E-state index is 0.162. The first-order valence-corrected chi connectivity index (χ1v) is 5.53. The van der Waals surface area contributed by atoms with Crippen LogP contribution in [0.1, 0.15) is 30.0 Å². The molecule has 0 heterocycles. The van der Waals surface area contributed by atoms with E-state index in [-0.39, 0.29) is 6.04 Å². The molecule has 0 aliphatic heterocycles. The van der Waals surface area contributed by atoms with E-state index in [0.29, 0.717) is 13.2 Å². The SMILES string of the molecule is CCC(N)COCc1cc(C)ccc1C. The fourth-order valence-electron chi connectivity index (χ4n) is 1.39. The van der Waals surface area contributed by atoms with E-state index in [9.17, 15) is 0 Å². The molecule has 0 aromatic heterocycles. The molecule has 0 saturated heterocycles. The maximum absolute atomic E-state index is 5.78. The first-order valence-electron chi connectivity index (χ1n) is 5.53. The van der Waals surface area contributed by atoms with Crippen molar-refractivity contribution < 1.29 is 4.74 Å². The Labute approximate surface area is 92.4 Å². The van der Waals surface area contributed by atoms with E-state index in [1.807, 2.05) is 0 Å². The lowest BCUT2D eigenvalue weighted by molar-refractivity contribution is 0.106. The Morgan fingerprint density at radius 3 is 2.73 bits per heavy atom. The van der Waals surface area contributed by atoms with E-state index < -0.39 is 0 Å². The number of nitrogens with two attached hydrogens (primary N) is 1. The van der Waals surface area contributed by atoms with E-state index in [1.54, 1.807) is 0 Å². The highest BCUT2D eigenvalue weighted by Crippen LogP contribution is 2.11. The molecule has 0 radical (unpaired) electrons. The van der Waals surface area contributed by atoms with E-state index in [4.69, 9.17) is 10.5 Å². The second kappa shape index (κ2) is 5.89. The normalized spacial score (nSPS) is 12.8. The highest BCUT2D eigenvalue weighted by atomic mass is 16.5. The van der Waals surface area contributed by atoms with Gasteiger partial charge in [0.25, 0.3) is 0 Å². The molecule has 0 spiro atoms. The van der Waals surface area contributed by atoms with E-state index in [2.05, 4.69) is 39.0 Å². The lowest BCUT2D eigenvalue weighted by Gasteiger charge is -2.11. The van der Waals surface area contributed by atoms with Crippen LogP contribution in [0.15, 0.2) is 18.2 Å². The molecule has 1 rings (SSSR count). The fourth-order valence-corrected chi connectivity index (χ4v) is 1.39. The van der Waals surface area contributed by atoms with Gasteiger partial charge in [-0.1, -0.05) is 30.7 Å². The van der Waals surface area contributed by atoms with Gasteiger partial charge < -0.3 is 10.5 Å². The topological polar surface area (TPSA) is 35.2 Å². The van der Waals surface area contributed by atoms with Gasteiger partial charge in [-0.3, -0.25) is 0 Å². The third-order valence-electron chi connectivity index (χ3n) is 2.62. The van der Waals surface area contributed by atoms with Crippen LogP contribution in [0.25, 0.3) is 0 Å². The average Bonchev–Trinajstić information content (AvgIpc) is 2.23. The van der Waals surface area contributed by atoms with Crippen LogP contribution in [0, 0.1) is 13.8 Å². The van der Waals surface area contributed by atoms with Crippen LogP contribution in [0.2, 0.25) is 0 Å². The molecule has 0 aliphatic carbocycles. The summed E-state index contributed by atoms with van der Waals surface area (Å²) in [7, 11) is 0. The van der Waals surface area contributed by atoms with Crippen molar-refractivity contribution in [1.82, 2.24) is 0 Å². The number of rotatable bonds is 5. The molecular weight excluding hydrogens is 186 g/mol. The Morgan fingerprint density at radius 1 is 1.33 bits per heavy atom. The molecule has 84 valence electrons. The lowest BCUT2D eigenvalue weighted by Crippen LogP contribution is -2.24. The summed E-state index contributed by atoms with van der Waals surface area (Å²) in [6.45, 7) is 7.59. The summed E-state index contributed by atoms with van der Waals surface area (Å²) < 4.78 is 5.58. The molecule has 2 N–H and O–H groups in total. The van der Waals surface area contributed by atoms with Gasteiger partial charge in [0, 0.05) is 6.04 Å². The Kier molecular flexibility index (Phi) is 4.79. The predicted octanol–water partition coefficient (Wildman–Crippen LogP) is 2.56. The first kappa shape index (κ1) is 12.2. The molecule has 0 amide bonds. The summed E-state index contributed by atoms with van der Waals surface area (Å²) in [5.41, 5.74) is 9.60. The number of aryl methyl sites for hydroxylation is 2. The third-order valence-corrected chi connectivity index (χ3v) is 2.62. The van der Waals surface area contributed by atoms with Gasteiger partial charge in [0.05, 0.1) is 13.2 Å². The van der Waals surface area contributed by atoms with Gasteiger partial charge in [0.2, 0.25) is 0 Å². The van der Waals surface area contributed by atoms with Crippen LogP contribution in [0.4, 0.5) is 0 Å². The molecule has 1 atom stereocenters. The molecule has 15 heavy (non-hydrogen) atoms. The molecule has 0 saturated carbocycles. The summed E-state index contributed by atoms with van der Waals surface area (Å²) in [6, 6.07) is 6.59. The molecule has 2 nitrogen and oxygen atoms in total. The molecule has 1 aromatic carbocycles. The smallest absolute Gasteiger partial charge is 0.0720 e. The zero-order valence-electron chi connectivity index (χ0n) is 9.92. The van der Waals surface area contributed by atoms with Crippen molar-refractivity contribution in [2.75, 3.05) is 6.61 Å². The summed E-state index contributed by atoms with van der Waals surface area (Å²) >= 11 is 0. The first-order chi connectivity index (χ1) is 7.13. The van der Waals surface area contributed by atoms with Gasteiger partial charge in [-0.2, -0.15) is 0 Å². The van der Waals surface area contributed by atoms with Gasteiger partial charge in [0.15, 0.2) is 0 Å². The third kappa shape index (κ3) is 4.02. The highest BCUT2D eigenvalue weighted by molar-refractivity contribution is 5.29. The molecule has 0 aliphatic rings. The average molecular weight is 207 g/mol. The van der Waals surface area contributed by atoms with E-state index in [1.165, 1.54) is 16.7 Å². The number of benzene rings is 1. The second-order valence-electron chi connectivity index (χ2n) is 4.11. The minimum absolute atomic E-state index is 0.162. The molecule has 1 unspecified atom stereocenters. The van der Waals surface area contributed by atoms with Crippen molar-refractivity contribution in [3.05, 3.63) is 34.9 Å². The van der Waals surface area contributed by atoms with Crippen molar-refractivity contribution in [1.29, 1.82) is 0 Å². The van der Waals surface area contributed by atoms with Crippen LogP contribution in [0.5, 0.6) is 0 Å². The van der Waals surface area contributed by atoms with Gasteiger partial charge in [-0.05, 0) is 31.4 Å². The lowest BCUT2D eigenvalue weighted by atomic mass is 10.1. The van der Waals surface area contributed by atoms with Gasteiger partial charge >= 0.3 is 0 Å². The largest absolute Gasteiger partial charge is 0.375 e. The number of hydrogen-bond donors (Lipinski definition) is 1. The number of ether oxygens (including phenoxy) is 1. The summed E-state index contributed by atoms with van der Waals surface area (Å²) in [5.74, 6) is 0. The maximum Gasteiger partial charge on any atom is 0.0720 e. The second-order valence-corrected chi connectivity index (χ2v) is 4.11. The van der Waals surface area contributed by atoms with Crippen LogP contribution in [-0.4, -0.2) is 12.6 Å². The summed E-state index contributed by atoms with van der Waals surface area (Å²) in [5, 5.41) is 0. The molecule has 1 aromatic rings. The Balaban J connectivity index is 2.46. The highest BCUT2D eigenvalue weighted by Gasteiger charge is 2.01. The van der Waals surface area contributed by atoms with Crippen molar-refractivity contribution in [3.8, 4) is 0 Å². The van der Waals surface area contributed by atoms with Crippen molar-refractivity contribution in [2.24, 2.45) is 5.73 Å². The molecule has 2 heteroatoms. The Hall–Kier alpha value is -0.860. The predicted molar refractivity (Wildman–Crippen MR) is 63.8 cm³/mol. The monoisotopic (exact) mass is 207 g/mol. The Morgan fingerprint density at radius 2 is 2.07 bits per heavy atom. The maximum atomic E-state index is 5.78. The van der Waals surface area contributed by atoms with Crippen molar-refractivity contribution >= 4 is 0 Å². The summed E-state index contributed by atoms with van der Waals surface area (Å²) in [4.78, 5) is 0. The molecular formula is C13H21NO. The minimum Gasteiger partial charge on any atom is -0.375 e. The van der Waals surface area contributed by atoms with Crippen LogP contribution in [0.3, 0.4) is 0 Å². The van der Waals surface area contributed by atoms with Crippen LogP contribution in [-0.2, 0) is 11.3 Å². The van der Waals surface area contributed by atoms with Gasteiger partial charge in [-0.25, -0.2) is 0 Å². The van der Waals surface area contributed by atoms with E-state index >= 15 is 0 Å². The standard InChI is InChI=1S/C13H21NO/c1-4-13(14)9-15-8-12-7-10(2)5-6-11(12)3/h5-7,13H,4,8-9,14H2,1-3H3. The molecule has 0 bridgehead atoms. The van der Waals surface area contributed by atoms with Crippen molar-refractivity contribution in [2.45, 2.75) is 39.8 Å². The van der Waals surface area contributed by atoms with Gasteiger partial charge in [0.1, 0.15) is 0 Å². The van der Waals surface area contributed by atoms with Crippen molar-refractivity contribution in [3.63, 3.8) is 0 Å². The molecule has 0 fully saturated rings.